The Hall–Kier alpha value is -1.62. The highest BCUT2D eigenvalue weighted by Gasteiger charge is 2.11. The second-order valence-electron chi connectivity index (χ2n) is 3.92. The zero-order valence-electron chi connectivity index (χ0n) is 10.1. The van der Waals surface area contributed by atoms with E-state index in [1.165, 1.54) is 0 Å². The third kappa shape index (κ3) is 2.39. The summed E-state index contributed by atoms with van der Waals surface area (Å²) in [6.07, 6.45) is 1.07. The molecule has 1 aromatic carbocycles. The van der Waals surface area contributed by atoms with E-state index in [9.17, 15) is 0 Å². The monoisotopic (exact) mass is 248 g/mol. The first kappa shape index (κ1) is 11.9. The third-order valence-electron chi connectivity index (χ3n) is 2.57. The van der Waals surface area contributed by atoms with Crippen LogP contribution in [-0.4, -0.2) is 28.4 Å². The first-order chi connectivity index (χ1) is 8.24. The summed E-state index contributed by atoms with van der Waals surface area (Å²) < 4.78 is 2.57. The van der Waals surface area contributed by atoms with Gasteiger partial charge in [0.2, 0.25) is 10.7 Å². The summed E-state index contributed by atoms with van der Waals surface area (Å²) in [6.45, 7) is 3.09. The molecule has 90 valence electrons. The molecule has 1 aromatic heterocycles. The van der Waals surface area contributed by atoms with Crippen LogP contribution >= 0.6 is 12.2 Å². The molecule has 5 heteroatoms. The number of aromatic nitrogens is 3. The van der Waals surface area contributed by atoms with Crippen molar-refractivity contribution in [3.8, 4) is 5.69 Å². The van der Waals surface area contributed by atoms with Gasteiger partial charge in [-0.25, -0.2) is 5.10 Å². The molecular weight excluding hydrogens is 232 g/mol. The summed E-state index contributed by atoms with van der Waals surface area (Å²) in [5.41, 5.74) is 1.03. The van der Waals surface area contributed by atoms with Gasteiger partial charge in [0.1, 0.15) is 0 Å². The van der Waals surface area contributed by atoms with Crippen LogP contribution in [0.3, 0.4) is 0 Å². The van der Waals surface area contributed by atoms with Gasteiger partial charge in [-0.3, -0.25) is 4.57 Å². The smallest absolute Gasteiger partial charge is 0.230 e. The van der Waals surface area contributed by atoms with E-state index in [0.29, 0.717) is 4.77 Å². The summed E-state index contributed by atoms with van der Waals surface area (Å²) >= 11 is 5.28. The van der Waals surface area contributed by atoms with Crippen molar-refractivity contribution in [2.45, 2.75) is 13.3 Å². The Morgan fingerprint density at radius 3 is 2.71 bits per heavy atom. The van der Waals surface area contributed by atoms with Crippen LogP contribution in [0.25, 0.3) is 5.69 Å². The molecule has 0 bridgehead atoms. The number of nitrogens with zero attached hydrogens (tertiary/aromatic N) is 3. The lowest BCUT2D eigenvalue weighted by atomic mass is 10.3. The minimum absolute atomic E-state index is 0.620. The number of anilines is 1. The van der Waals surface area contributed by atoms with Crippen molar-refractivity contribution < 1.29 is 0 Å². The largest absolute Gasteiger partial charge is 0.344 e. The highest BCUT2D eigenvalue weighted by molar-refractivity contribution is 7.71. The van der Waals surface area contributed by atoms with Gasteiger partial charge in [0.15, 0.2) is 0 Å². The van der Waals surface area contributed by atoms with E-state index in [2.05, 4.69) is 22.0 Å². The average molecular weight is 248 g/mol. The van der Waals surface area contributed by atoms with Gasteiger partial charge in [0.05, 0.1) is 5.69 Å². The number of H-pyrrole nitrogens is 1. The Bertz CT molecular complexity index is 529. The van der Waals surface area contributed by atoms with Crippen molar-refractivity contribution in [2.75, 3.05) is 18.5 Å². The first-order valence-electron chi connectivity index (χ1n) is 5.68. The molecule has 0 radical (unpaired) electrons. The van der Waals surface area contributed by atoms with Crippen LogP contribution in [0.15, 0.2) is 30.3 Å². The standard InChI is InChI=1S/C12H16N4S/c1-3-9-15(2)11-13-14-12(17)16(11)10-7-5-4-6-8-10/h4-8H,3,9H2,1-2H3,(H,14,17). The van der Waals surface area contributed by atoms with Crippen LogP contribution < -0.4 is 4.90 Å². The topological polar surface area (TPSA) is 36.9 Å². The molecule has 0 saturated heterocycles. The van der Waals surface area contributed by atoms with E-state index in [0.717, 1.165) is 24.6 Å². The number of rotatable bonds is 4. The molecule has 1 heterocycles. The number of nitrogens with one attached hydrogen (secondary N) is 1. The second kappa shape index (κ2) is 5.14. The minimum Gasteiger partial charge on any atom is -0.344 e. The average Bonchev–Trinajstić information content (AvgIpc) is 2.73. The van der Waals surface area contributed by atoms with Crippen LogP contribution in [-0.2, 0) is 0 Å². The van der Waals surface area contributed by atoms with E-state index in [-0.39, 0.29) is 0 Å². The highest BCUT2D eigenvalue weighted by Crippen LogP contribution is 2.17. The Morgan fingerprint density at radius 1 is 1.35 bits per heavy atom. The van der Waals surface area contributed by atoms with Crippen LogP contribution in [0.1, 0.15) is 13.3 Å². The van der Waals surface area contributed by atoms with E-state index in [1.807, 2.05) is 41.9 Å². The van der Waals surface area contributed by atoms with Gasteiger partial charge >= 0.3 is 0 Å². The lowest BCUT2D eigenvalue weighted by Gasteiger charge is -2.17. The van der Waals surface area contributed by atoms with Gasteiger partial charge in [-0.05, 0) is 30.8 Å². The van der Waals surface area contributed by atoms with Gasteiger partial charge in [-0.1, -0.05) is 25.1 Å². The number of hydrogen-bond acceptors (Lipinski definition) is 3. The van der Waals surface area contributed by atoms with Crippen molar-refractivity contribution in [1.29, 1.82) is 0 Å². The van der Waals surface area contributed by atoms with E-state index < -0.39 is 0 Å². The quantitative estimate of drug-likeness (QED) is 0.845. The zero-order chi connectivity index (χ0) is 12.3. The summed E-state index contributed by atoms with van der Waals surface area (Å²) in [7, 11) is 2.02. The van der Waals surface area contributed by atoms with E-state index >= 15 is 0 Å². The van der Waals surface area contributed by atoms with Gasteiger partial charge in [-0.2, -0.15) is 0 Å². The molecule has 1 N–H and O–H groups in total. The molecule has 0 amide bonds. The van der Waals surface area contributed by atoms with Crippen molar-refractivity contribution in [2.24, 2.45) is 0 Å². The maximum atomic E-state index is 5.28. The molecule has 0 spiro atoms. The summed E-state index contributed by atoms with van der Waals surface area (Å²) in [5.74, 6) is 0.850. The maximum Gasteiger partial charge on any atom is 0.230 e. The van der Waals surface area contributed by atoms with Gasteiger partial charge in [0.25, 0.3) is 0 Å². The number of hydrogen-bond donors (Lipinski definition) is 1. The normalized spacial score (nSPS) is 10.5. The second-order valence-corrected chi connectivity index (χ2v) is 4.31. The highest BCUT2D eigenvalue weighted by atomic mass is 32.1. The lowest BCUT2D eigenvalue weighted by Crippen LogP contribution is -2.21. The minimum atomic E-state index is 0.620. The molecule has 0 atom stereocenters. The maximum absolute atomic E-state index is 5.28. The first-order valence-corrected chi connectivity index (χ1v) is 6.09. The summed E-state index contributed by atoms with van der Waals surface area (Å²) in [5, 5.41) is 7.13. The van der Waals surface area contributed by atoms with Gasteiger partial charge in [-0.15, -0.1) is 5.10 Å². The SMILES string of the molecule is CCCN(C)c1n[nH]c(=S)n1-c1ccccc1. The molecule has 4 nitrogen and oxygen atoms in total. The molecule has 17 heavy (non-hydrogen) atoms. The van der Waals surface area contributed by atoms with Crippen molar-refractivity contribution >= 4 is 18.2 Å². The number of para-hydroxylation sites is 1. The fourth-order valence-corrected chi connectivity index (χ4v) is 2.02. The lowest BCUT2D eigenvalue weighted by molar-refractivity contribution is 0.804. The van der Waals surface area contributed by atoms with Crippen molar-refractivity contribution in [3.63, 3.8) is 0 Å². The fourth-order valence-electron chi connectivity index (χ4n) is 1.79. The molecule has 0 fully saturated rings. The Kier molecular flexibility index (Phi) is 3.58. The molecule has 0 aliphatic rings. The van der Waals surface area contributed by atoms with Crippen LogP contribution in [0.4, 0.5) is 5.95 Å². The Labute approximate surface area is 106 Å². The van der Waals surface area contributed by atoms with Crippen molar-refractivity contribution in [3.05, 3.63) is 35.1 Å². The summed E-state index contributed by atoms with van der Waals surface area (Å²) in [6, 6.07) is 10.0. The fraction of sp³-hybridized carbons (Fsp3) is 0.333. The van der Waals surface area contributed by atoms with E-state index in [1.54, 1.807) is 0 Å². The molecule has 0 aliphatic heterocycles. The molecule has 2 rings (SSSR count). The molecule has 0 unspecified atom stereocenters. The predicted molar refractivity (Wildman–Crippen MR) is 72.3 cm³/mol. The van der Waals surface area contributed by atoms with Crippen LogP contribution in [0.2, 0.25) is 0 Å². The predicted octanol–water partition coefficient (Wildman–Crippen LogP) is 2.78. The van der Waals surface area contributed by atoms with Crippen molar-refractivity contribution in [1.82, 2.24) is 14.8 Å². The third-order valence-corrected chi connectivity index (χ3v) is 2.84. The summed E-state index contributed by atoms with van der Waals surface area (Å²) in [4.78, 5) is 2.10. The van der Waals surface area contributed by atoms with E-state index in [4.69, 9.17) is 12.2 Å². The Balaban J connectivity index is 2.47. The van der Waals surface area contributed by atoms with Gasteiger partial charge < -0.3 is 4.90 Å². The van der Waals surface area contributed by atoms with Crippen LogP contribution in [0, 0.1) is 4.77 Å². The van der Waals surface area contributed by atoms with Crippen LogP contribution in [0.5, 0.6) is 0 Å². The molecular formula is C12H16N4S. The number of benzene rings is 1. The molecule has 2 aromatic rings. The zero-order valence-corrected chi connectivity index (χ0v) is 10.9. The molecule has 0 saturated carbocycles. The van der Waals surface area contributed by atoms with Gasteiger partial charge in [0, 0.05) is 13.6 Å². The Morgan fingerprint density at radius 2 is 2.06 bits per heavy atom. The number of aromatic amines is 1. The molecule has 0 aliphatic carbocycles.